The fourth-order valence-corrected chi connectivity index (χ4v) is 7.19. The van der Waals surface area contributed by atoms with E-state index in [1.165, 1.54) is 0 Å². The Bertz CT molecular complexity index is 640. The molecule has 0 amide bonds. The van der Waals surface area contributed by atoms with Crippen molar-refractivity contribution in [2.45, 2.75) is 76.7 Å². The molecule has 0 aliphatic heterocycles. The number of sulfone groups is 1. The molecule has 0 spiro atoms. The Morgan fingerprint density at radius 3 is 1.92 bits per heavy atom. The van der Waals surface area contributed by atoms with Crippen LogP contribution in [0.4, 0.5) is 13.2 Å². The molecular weight excluding hydrogens is 357 g/mol. The van der Waals surface area contributed by atoms with Crippen LogP contribution >= 0.6 is 0 Å². The van der Waals surface area contributed by atoms with Crippen LogP contribution in [-0.4, -0.2) is 36.7 Å². The zero-order chi connectivity index (χ0) is 19.6. The van der Waals surface area contributed by atoms with Gasteiger partial charge >= 0.3 is 12.1 Å². The third-order valence-electron chi connectivity index (χ3n) is 5.57. The molecule has 8 heteroatoms. The molecule has 2 saturated carbocycles. The van der Waals surface area contributed by atoms with Crippen molar-refractivity contribution in [2.75, 3.05) is 0 Å². The average Bonchev–Trinajstić information content (AvgIpc) is 2.92. The quantitative estimate of drug-likeness (QED) is 0.681. The number of hydrogen-bond acceptors (Lipinski definition) is 4. The lowest BCUT2D eigenvalue weighted by Gasteiger charge is -2.44. The number of esters is 1. The number of halogens is 3. The van der Waals surface area contributed by atoms with Crippen LogP contribution in [0.2, 0.25) is 0 Å². The van der Waals surface area contributed by atoms with Crippen LogP contribution in [0, 0.1) is 23.2 Å². The van der Waals surface area contributed by atoms with Gasteiger partial charge in [-0.2, -0.15) is 13.2 Å². The van der Waals surface area contributed by atoms with Crippen LogP contribution in [-0.2, 0) is 19.4 Å². The van der Waals surface area contributed by atoms with E-state index in [2.05, 4.69) is 4.74 Å². The van der Waals surface area contributed by atoms with Crippen LogP contribution in [0.15, 0.2) is 0 Å². The molecule has 0 aromatic heterocycles. The summed E-state index contributed by atoms with van der Waals surface area (Å²) in [5.74, 6) is -3.03. The molecule has 2 bridgehead atoms. The first kappa shape index (κ1) is 20.5. The molecule has 0 aromatic carbocycles. The molecular formula is C17H27F3O4S. The van der Waals surface area contributed by atoms with Crippen LogP contribution in [0.1, 0.15) is 54.4 Å². The van der Waals surface area contributed by atoms with Crippen molar-refractivity contribution in [1.29, 1.82) is 0 Å². The van der Waals surface area contributed by atoms with E-state index in [1.54, 1.807) is 20.8 Å². The number of rotatable bonds is 2. The summed E-state index contributed by atoms with van der Waals surface area (Å²) in [6.07, 6.45) is -5.27. The molecule has 0 radical (unpaired) electrons. The highest BCUT2D eigenvalue weighted by Crippen LogP contribution is 2.59. The summed E-state index contributed by atoms with van der Waals surface area (Å²) in [5.41, 5.74) is -0.304. The predicted molar refractivity (Wildman–Crippen MR) is 87.6 cm³/mol. The second kappa shape index (κ2) is 5.86. The Kier molecular flexibility index (Phi) is 4.81. The molecule has 2 rings (SSSR count). The first-order valence-corrected chi connectivity index (χ1v) is 10.0. The van der Waals surface area contributed by atoms with Gasteiger partial charge in [-0.05, 0) is 50.9 Å². The maximum Gasteiger partial charge on any atom is 0.490 e. The minimum absolute atomic E-state index is 0.0573. The first-order chi connectivity index (χ1) is 11.0. The van der Waals surface area contributed by atoms with Crippen molar-refractivity contribution in [2.24, 2.45) is 23.2 Å². The van der Waals surface area contributed by atoms with E-state index in [9.17, 15) is 26.4 Å². The topological polar surface area (TPSA) is 60.4 Å². The Morgan fingerprint density at radius 1 is 1.00 bits per heavy atom. The maximum absolute atomic E-state index is 13.2. The van der Waals surface area contributed by atoms with Crippen molar-refractivity contribution in [3.63, 3.8) is 0 Å². The number of carbonyl (C=O) groups excluding carboxylic acids is 1. The van der Waals surface area contributed by atoms with Gasteiger partial charge < -0.3 is 4.74 Å². The van der Waals surface area contributed by atoms with Crippen molar-refractivity contribution in [1.82, 2.24) is 0 Å². The van der Waals surface area contributed by atoms with Crippen molar-refractivity contribution >= 4 is 15.8 Å². The number of alkyl halides is 3. The lowest BCUT2D eigenvalue weighted by Crippen LogP contribution is -2.52. The Balaban J connectivity index is 2.38. The zero-order valence-electron chi connectivity index (χ0n) is 15.5. The third-order valence-corrected chi connectivity index (χ3v) is 8.64. The van der Waals surface area contributed by atoms with E-state index in [1.807, 2.05) is 20.8 Å². The maximum atomic E-state index is 13.2. The average molecular weight is 384 g/mol. The molecule has 5 atom stereocenters. The van der Waals surface area contributed by atoms with E-state index < -0.39 is 44.0 Å². The number of fused-ring (bicyclic) bond motifs is 2. The van der Waals surface area contributed by atoms with Gasteiger partial charge in [0.1, 0.15) is 6.10 Å². The standard InChI is InChI=1S/C17H27F3O4S/c1-15(2,3)12-9-7-10(13(12)25(22,23)16(4,5)6)11(8-9)24-14(21)17(18,19)20/h9-13H,7-8H2,1-6H3. The van der Waals surface area contributed by atoms with E-state index in [0.29, 0.717) is 12.8 Å². The number of ether oxygens (including phenoxy) is 1. The van der Waals surface area contributed by atoms with Gasteiger partial charge in [-0.15, -0.1) is 0 Å². The largest absolute Gasteiger partial charge is 0.490 e. The lowest BCUT2D eigenvalue weighted by atomic mass is 9.71. The fourth-order valence-electron chi connectivity index (χ4n) is 4.62. The predicted octanol–water partition coefficient (Wildman–Crippen LogP) is 3.74. The fraction of sp³-hybridized carbons (Fsp3) is 0.941. The minimum atomic E-state index is -5.07. The molecule has 25 heavy (non-hydrogen) atoms. The molecule has 146 valence electrons. The SMILES string of the molecule is CC(C)(C)C1C2CC(OC(=O)C(F)(F)F)C(C2)C1S(=O)(=O)C(C)(C)C. The van der Waals surface area contributed by atoms with E-state index >= 15 is 0 Å². The molecule has 5 unspecified atom stereocenters. The molecule has 0 N–H and O–H groups in total. The van der Waals surface area contributed by atoms with Crippen LogP contribution in [0.25, 0.3) is 0 Å². The van der Waals surface area contributed by atoms with Gasteiger partial charge in [0, 0.05) is 5.92 Å². The molecule has 2 aliphatic rings. The van der Waals surface area contributed by atoms with Gasteiger partial charge in [0.15, 0.2) is 9.84 Å². The van der Waals surface area contributed by atoms with Crippen molar-refractivity contribution in [3.8, 4) is 0 Å². The summed E-state index contributed by atoms with van der Waals surface area (Å²) < 4.78 is 67.6. The van der Waals surface area contributed by atoms with Crippen LogP contribution in [0.5, 0.6) is 0 Å². The molecule has 0 saturated heterocycles. The van der Waals surface area contributed by atoms with Gasteiger partial charge in [0.25, 0.3) is 0 Å². The van der Waals surface area contributed by atoms with Crippen molar-refractivity contribution < 1.29 is 31.1 Å². The Labute approximate surface area is 147 Å². The summed E-state index contributed by atoms with van der Waals surface area (Å²) >= 11 is 0. The normalized spacial score (nSPS) is 33.6. The summed E-state index contributed by atoms with van der Waals surface area (Å²) in [4.78, 5) is 11.2. The van der Waals surface area contributed by atoms with Gasteiger partial charge in [-0.3, -0.25) is 0 Å². The molecule has 0 aromatic rings. The summed E-state index contributed by atoms with van der Waals surface area (Å²) in [6, 6.07) is 0. The van der Waals surface area contributed by atoms with E-state index in [0.717, 1.165) is 0 Å². The molecule has 0 heterocycles. The van der Waals surface area contributed by atoms with Gasteiger partial charge in [-0.25, -0.2) is 13.2 Å². The highest BCUT2D eigenvalue weighted by atomic mass is 32.2. The molecule has 2 fully saturated rings. The number of carbonyl (C=O) groups is 1. The first-order valence-electron chi connectivity index (χ1n) is 8.49. The van der Waals surface area contributed by atoms with Crippen molar-refractivity contribution in [3.05, 3.63) is 0 Å². The van der Waals surface area contributed by atoms with Gasteiger partial charge in [0.2, 0.25) is 0 Å². The summed E-state index contributed by atoms with van der Waals surface area (Å²) in [6.45, 7) is 10.7. The van der Waals surface area contributed by atoms with E-state index in [-0.39, 0.29) is 17.3 Å². The second-order valence-electron chi connectivity index (χ2n) is 9.35. The van der Waals surface area contributed by atoms with Gasteiger partial charge in [-0.1, -0.05) is 20.8 Å². The Morgan fingerprint density at radius 2 is 1.52 bits per heavy atom. The third kappa shape index (κ3) is 3.55. The number of hydrogen-bond donors (Lipinski definition) is 0. The summed E-state index contributed by atoms with van der Waals surface area (Å²) in [5, 5.41) is -0.794. The van der Waals surface area contributed by atoms with Gasteiger partial charge in [0.05, 0.1) is 10.00 Å². The van der Waals surface area contributed by atoms with Crippen LogP contribution < -0.4 is 0 Å². The minimum Gasteiger partial charge on any atom is -0.455 e. The monoisotopic (exact) mass is 384 g/mol. The highest BCUT2D eigenvalue weighted by molar-refractivity contribution is 7.93. The lowest BCUT2D eigenvalue weighted by molar-refractivity contribution is -0.207. The Hall–Kier alpha value is -0.790. The van der Waals surface area contributed by atoms with Crippen LogP contribution in [0.3, 0.4) is 0 Å². The molecule has 4 nitrogen and oxygen atoms in total. The summed E-state index contributed by atoms with van der Waals surface area (Å²) in [7, 11) is -3.62. The molecule has 2 aliphatic carbocycles. The smallest absolute Gasteiger partial charge is 0.455 e. The highest BCUT2D eigenvalue weighted by Gasteiger charge is 2.63. The van der Waals surface area contributed by atoms with E-state index in [4.69, 9.17) is 0 Å². The second-order valence-corrected chi connectivity index (χ2v) is 12.2. The zero-order valence-corrected chi connectivity index (χ0v) is 16.3.